The highest BCUT2D eigenvalue weighted by atomic mass is 15.0. The van der Waals surface area contributed by atoms with Crippen molar-refractivity contribution >= 4 is 65.8 Å². The lowest BCUT2D eigenvalue weighted by Gasteiger charge is -2.23. The Bertz CT molecular complexity index is 5390. The molecule has 4 N–H and O–H groups in total. The van der Waals surface area contributed by atoms with Crippen molar-refractivity contribution in [3.05, 3.63) is 406 Å². The summed E-state index contributed by atoms with van der Waals surface area (Å²) in [5.74, 6) is 0. The lowest BCUT2D eigenvalue weighted by atomic mass is 9.83. The number of hydrogen-bond acceptors (Lipinski definition) is 4. The molecule has 10 heteroatoms. The fraction of sp³-hybridized carbons (Fsp3) is 0.212. The van der Waals surface area contributed by atoms with E-state index in [4.69, 9.17) is 0 Å². The molecule has 0 aliphatic heterocycles. The zero-order chi connectivity index (χ0) is 77.7. The quantitative estimate of drug-likeness (QED) is 0.0327. The summed E-state index contributed by atoms with van der Waals surface area (Å²) in [5, 5.41) is 25.5. The minimum atomic E-state index is 0.739. The molecule has 10 nitrogen and oxygen atoms in total. The van der Waals surface area contributed by atoms with Crippen molar-refractivity contribution in [1.29, 1.82) is 0 Å². The Hall–Kier alpha value is -12.7. The third-order valence-electron chi connectivity index (χ3n) is 23.5. The molecular formula is C104H106N10+6. The van der Waals surface area contributed by atoms with Gasteiger partial charge in [0.15, 0.2) is 114 Å². The monoisotopic (exact) mass is 1490 g/mol. The van der Waals surface area contributed by atoms with Crippen LogP contribution in [0.5, 0.6) is 0 Å². The summed E-state index contributed by atoms with van der Waals surface area (Å²) in [6.45, 7) is 21.7. The molecule has 0 amide bonds. The van der Waals surface area contributed by atoms with Crippen LogP contribution in [0.4, 0.5) is 22.7 Å². The average molecular weight is 1500 g/mol. The summed E-state index contributed by atoms with van der Waals surface area (Å²) in [5.41, 5.74) is 29.3. The number of benzene rings is 10. The first kappa shape index (κ1) is 75.4. The molecule has 0 aliphatic rings. The summed E-state index contributed by atoms with van der Waals surface area (Å²) < 4.78 is 14.4. The van der Waals surface area contributed by atoms with Crippen molar-refractivity contribution in [3.8, 4) is 11.1 Å². The number of rotatable bonds is 31. The molecule has 0 bridgehead atoms. The minimum Gasteiger partial charge on any atom is -0.376 e. The lowest BCUT2D eigenvalue weighted by molar-refractivity contribution is -0.690. The number of pyridine rings is 6. The first-order valence-electron chi connectivity index (χ1n) is 41.3. The summed E-state index contributed by atoms with van der Waals surface area (Å²) in [6.07, 6.45) is 33.0. The van der Waals surface area contributed by atoms with Crippen LogP contribution in [-0.2, 0) is 104 Å². The molecule has 0 spiro atoms. The second kappa shape index (κ2) is 35.4. The molecule has 0 saturated heterocycles. The highest BCUT2D eigenvalue weighted by molar-refractivity contribution is 5.88. The van der Waals surface area contributed by atoms with Crippen LogP contribution in [0, 0.1) is 0 Å². The van der Waals surface area contributed by atoms with Gasteiger partial charge in [-0.05, 0) is 173 Å². The minimum absolute atomic E-state index is 0.739. The predicted molar refractivity (Wildman–Crippen MR) is 468 cm³/mol. The molecule has 0 saturated carbocycles. The second-order valence-corrected chi connectivity index (χ2v) is 30.4. The lowest BCUT2D eigenvalue weighted by Crippen LogP contribution is -2.39. The van der Waals surface area contributed by atoms with Crippen molar-refractivity contribution in [1.82, 2.24) is 0 Å². The Labute approximate surface area is 673 Å². The number of nitrogens with zero attached hydrogens (tertiary/aromatic N) is 6. The van der Waals surface area contributed by atoms with Crippen molar-refractivity contribution in [2.24, 2.45) is 0 Å². The van der Waals surface area contributed by atoms with E-state index in [1.807, 2.05) is 0 Å². The summed E-state index contributed by atoms with van der Waals surface area (Å²) in [7, 11) is 0. The first-order valence-corrected chi connectivity index (χ1v) is 41.3. The Morgan fingerprint density at radius 1 is 0.193 bits per heavy atom. The number of aromatic nitrogens is 6. The Morgan fingerprint density at radius 2 is 0.404 bits per heavy atom. The number of fused-ring (bicyclic) bond motifs is 4. The number of nitrogens with one attached hydrogen (secondary N) is 4. The van der Waals surface area contributed by atoms with E-state index < -0.39 is 0 Å². The Kier molecular flexibility index (Phi) is 23.4. The first-order chi connectivity index (χ1) is 56.2. The molecule has 0 aliphatic carbocycles. The van der Waals surface area contributed by atoms with Crippen molar-refractivity contribution in [3.63, 3.8) is 0 Å². The molecule has 114 heavy (non-hydrogen) atoms. The largest absolute Gasteiger partial charge is 0.376 e. The molecule has 0 radical (unpaired) electrons. The van der Waals surface area contributed by atoms with Gasteiger partial charge in [-0.25, -0.2) is 9.13 Å². The van der Waals surface area contributed by atoms with Crippen LogP contribution < -0.4 is 48.7 Å². The third kappa shape index (κ3) is 16.8. The van der Waals surface area contributed by atoms with Gasteiger partial charge in [0.25, 0.3) is 0 Å². The van der Waals surface area contributed by atoms with E-state index in [2.05, 4.69) is 407 Å². The molecule has 0 fully saturated rings. The maximum absolute atomic E-state index is 3.82. The van der Waals surface area contributed by atoms with Gasteiger partial charge < -0.3 is 21.3 Å². The molecular weight excluding hydrogens is 1390 g/mol. The molecule has 566 valence electrons. The van der Waals surface area contributed by atoms with Gasteiger partial charge in [-0.15, -0.1) is 0 Å². The molecule has 6 heterocycles. The van der Waals surface area contributed by atoms with E-state index in [0.29, 0.717) is 0 Å². The SMILES string of the molecule is CCc1c(C[n+]2ccc(-c3cc[n+](Cc4c(CC)c(C[n+]5cccc(NCc6cccc7ccccc67)c5)c(CC)c(C[n+]5cccc(NCc6cccc7ccccc67)c5)c4CC)cc3)cc2)c(CC)c(C[n+]2cccc(NCc3cccc4ccccc34)c2)c(CC)c1C[n+]1cccc(NCc2cccc3ccccc23)c1. The smallest absolute Gasteiger partial charge is 0.192 e. The van der Waals surface area contributed by atoms with Gasteiger partial charge in [-0.3, -0.25) is 0 Å². The molecule has 16 aromatic rings. The van der Waals surface area contributed by atoms with Crippen molar-refractivity contribution in [2.75, 3.05) is 21.3 Å². The summed E-state index contributed by atoms with van der Waals surface area (Å²) in [6, 6.07) is 88.1. The van der Waals surface area contributed by atoms with E-state index in [9.17, 15) is 0 Å². The van der Waals surface area contributed by atoms with Crippen LogP contribution in [0.25, 0.3) is 54.2 Å². The van der Waals surface area contributed by atoms with Gasteiger partial charge in [0.2, 0.25) is 0 Å². The highest BCUT2D eigenvalue weighted by Crippen LogP contribution is 2.35. The molecule has 10 aromatic carbocycles. The van der Waals surface area contributed by atoms with Crippen LogP contribution >= 0.6 is 0 Å². The molecule has 6 aromatic heterocycles. The molecule has 16 rings (SSSR count). The van der Waals surface area contributed by atoms with Gasteiger partial charge in [0, 0.05) is 108 Å². The van der Waals surface area contributed by atoms with E-state index in [1.54, 1.807) is 0 Å². The average Bonchev–Trinajstić information content (AvgIpc) is 0.761. The topological polar surface area (TPSA) is 71.4 Å². The fourth-order valence-corrected chi connectivity index (χ4v) is 18.0. The Morgan fingerprint density at radius 3 is 0.632 bits per heavy atom. The van der Waals surface area contributed by atoms with Gasteiger partial charge in [0.05, 0.1) is 22.7 Å². The van der Waals surface area contributed by atoms with Crippen molar-refractivity contribution in [2.45, 2.75) is 146 Å². The van der Waals surface area contributed by atoms with Crippen LogP contribution in [0.2, 0.25) is 0 Å². The number of anilines is 4. The third-order valence-corrected chi connectivity index (χ3v) is 23.5. The maximum Gasteiger partial charge on any atom is 0.192 e. The molecule has 0 unspecified atom stereocenters. The van der Waals surface area contributed by atoms with E-state index in [1.165, 1.54) is 143 Å². The van der Waals surface area contributed by atoms with Crippen LogP contribution in [-0.4, -0.2) is 0 Å². The van der Waals surface area contributed by atoms with Gasteiger partial charge in [-0.2, -0.15) is 18.3 Å². The number of hydrogen-bond donors (Lipinski definition) is 4. The summed E-state index contributed by atoms with van der Waals surface area (Å²) >= 11 is 0. The fourth-order valence-electron chi connectivity index (χ4n) is 18.0. The summed E-state index contributed by atoms with van der Waals surface area (Å²) in [4.78, 5) is 0. The van der Waals surface area contributed by atoms with E-state index in [-0.39, 0.29) is 0 Å². The standard InChI is InChI=1S/C104H106N10/c1-7-89-99(90(8-2)102(72-112-54-26-42-86(66-112)106-62-82-38-22-34-78-30-14-18-46-96(78)82)93(11-5)101(89)71-111-53-25-41-85(65-111)105-61-81-37-21-33-77-29-13-17-45-95(77)81)69-109-57-49-75(50-58-109)76-51-59-110(60-52-76)70-100-91(9-3)103(73-113-55-27-43-87(67-113)107-63-83-39-23-35-79-31-15-19-47-97(79)83)94(12-6)104(92(100)10-4)74-114-56-28-44-88(68-114)108-64-84-40-24-36-80-32-16-20-48-98(80)84/h13-60,65-68,105-108H,7-12,61-64,69-74H2,1-6H3/q+6. The van der Waals surface area contributed by atoms with Gasteiger partial charge >= 0.3 is 0 Å². The predicted octanol–water partition coefficient (Wildman–Crippen LogP) is 19.8. The van der Waals surface area contributed by atoms with Crippen LogP contribution in [0.1, 0.15) is 131 Å². The van der Waals surface area contributed by atoms with Crippen LogP contribution in [0.3, 0.4) is 0 Å². The van der Waals surface area contributed by atoms with Crippen molar-refractivity contribution < 1.29 is 27.4 Å². The normalized spacial score (nSPS) is 11.5. The van der Waals surface area contributed by atoms with E-state index in [0.717, 1.165) is 127 Å². The zero-order valence-electron chi connectivity index (χ0n) is 67.0. The molecule has 0 atom stereocenters. The van der Waals surface area contributed by atoms with E-state index >= 15 is 0 Å². The zero-order valence-corrected chi connectivity index (χ0v) is 67.0. The second-order valence-electron chi connectivity index (χ2n) is 30.4. The van der Waals surface area contributed by atoms with Gasteiger partial charge in [-0.1, -0.05) is 211 Å². The van der Waals surface area contributed by atoms with Crippen LogP contribution in [0.15, 0.2) is 317 Å². The van der Waals surface area contributed by atoms with Gasteiger partial charge in [0.1, 0.15) is 0 Å². The maximum atomic E-state index is 3.82. The Balaban J connectivity index is 0.699. The highest BCUT2D eigenvalue weighted by Gasteiger charge is 2.30.